The first kappa shape index (κ1) is 7.84. The van der Waals surface area contributed by atoms with Crippen molar-refractivity contribution < 1.29 is 4.74 Å². The summed E-state index contributed by atoms with van der Waals surface area (Å²) in [4.78, 5) is 0. The molecule has 1 saturated carbocycles. The van der Waals surface area contributed by atoms with Gasteiger partial charge in [-0.15, -0.1) is 0 Å². The molecule has 2 aliphatic rings. The highest BCUT2D eigenvalue weighted by atomic mass is 35.5. The zero-order valence-corrected chi connectivity index (χ0v) is 8.10. The van der Waals surface area contributed by atoms with Gasteiger partial charge in [0.25, 0.3) is 0 Å². The van der Waals surface area contributed by atoms with Crippen molar-refractivity contribution in [2.24, 2.45) is 0 Å². The van der Waals surface area contributed by atoms with Gasteiger partial charge in [-0.1, -0.05) is 17.7 Å². The van der Waals surface area contributed by atoms with Crippen molar-refractivity contribution in [1.82, 2.24) is 0 Å². The third kappa shape index (κ3) is 0.976. The second-order valence-corrected chi connectivity index (χ2v) is 4.37. The predicted octanol–water partition coefficient (Wildman–Crippen LogP) is 3.25. The molecule has 1 aromatic rings. The molecule has 1 heterocycles. The van der Waals surface area contributed by atoms with Crippen LogP contribution in [0.15, 0.2) is 18.2 Å². The van der Waals surface area contributed by atoms with Crippen LogP contribution in [0.25, 0.3) is 0 Å². The Bertz CT molecular complexity index is 355. The van der Waals surface area contributed by atoms with Gasteiger partial charge in [0.15, 0.2) is 0 Å². The van der Waals surface area contributed by atoms with Gasteiger partial charge >= 0.3 is 0 Å². The van der Waals surface area contributed by atoms with Crippen molar-refractivity contribution in [3.63, 3.8) is 0 Å². The second-order valence-electron chi connectivity index (χ2n) is 3.94. The van der Waals surface area contributed by atoms with Crippen molar-refractivity contribution in [3.8, 4) is 0 Å². The van der Waals surface area contributed by atoms with Gasteiger partial charge in [0.1, 0.15) is 0 Å². The fourth-order valence-corrected chi connectivity index (χ4v) is 2.53. The van der Waals surface area contributed by atoms with Gasteiger partial charge in [-0.2, -0.15) is 0 Å². The summed E-state index contributed by atoms with van der Waals surface area (Å²) in [5.41, 5.74) is 2.75. The lowest BCUT2D eigenvalue weighted by molar-refractivity contribution is -0.0943. The Morgan fingerprint density at radius 3 is 2.85 bits per heavy atom. The summed E-state index contributed by atoms with van der Waals surface area (Å²) in [6.07, 6.45) is 3.66. The molecule has 1 fully saturated rings. The fourth-order valence-electron chi connectivity index (χ4n) is 2.33. The largest absolute Gasteiger partial charge is 0.366 e. The number of fused-ring (bicyclic) bond motifs is 2. The maximum atomic E-state index is 5.92. The molecule has 1 aliphatic heterocycles. The third-order valence-electron chi connectivity index (χ3n) is 3.22. The van der Waals surface area contributed by atoms with Gasteiger partial charge in [0.05, 0.1) is 12.2 Å². The standard InChI is InChI=1S/C11H11ClO/c12-9-2-3-10-8(6-9)7-13-11(10)4-1-5-11/h2-3,6H,1,4-5,7H2. The molecule has 1 spiro atoms. The lowest BCUT2D eigenvalue weighted by Gasteiger charge is -2.38. The van der Waals surface area contributed by atoms with Crippen molar-refractivity contribution in [3.05, 3.63) is 34.3 Å². The molecule has 0 aromatic heterocycles. The highest BCUT2D eigenvalue weighted by Gasteiger charge is 2.44. The van der Waals surface area contributed by atoms with Gasteiger partial charge in [-0.05, 0) is 42.5 Å². The van der Waals surface area contributed by atoms with Crippen molar-refractivity contribution in [2.45, 2.75) is 31.5 Å². The zero-order chi connectivity index (χ0) is 8.89. The van der Waals surface area contributed by atoms with E-state index in [-0.39, 0.29) is 5.60 Å². The molecule has 2 heteroatoms. The maximum absolute atomic E-state index is 5.92. The van der Waals surface area contributed by atoms with E-state index in [0.29, 0.717) is 0 Å². The van der Waals surface area contributed by atoms with E-state index in [1.165, 1.54) is 30.4 Å². The highest BCUT2D eigenvalue weighted by molar-refractivity contribution is 6.30. The molecule has 0 amide bonds. The normalized spacial score (nSPS) is 22.8. The summed E-state index contributed by atoms with van der Waals surface area (Å²) in [7, 11) is 0. The van der Waals surface area contributed by atoms with Crippen LogP contribution in [0.2, 0.25) is 5.02 Å². The lowest BCUT2D eigenvalue weighted by atomic mass is 9.75. The van der Waals surface area contributed by atoms with E-state index in [1.54, 1.807) is 0 Å². The van der Waals surface area contributed by atoms with Gasteiger partial charge < -0.3 is 4.74 Å². The molecular weight excluding hydrogens is 184 g/mol. The average Bonchev–Trinajstić information content (AvgIpc) is 2.41. The predicted molar refractivity (Wildman–Crippen MR) is 51.8 cm³/mol. The quantitative estimate of drug-likeness (QED) is 0.616. The van der Waals surface area contributed by atoms with Crippen LogP contribution in [0.3, 0.4) is 0 Å². The average molecular weight is 195 g/mol. The van der Waals surface area contributed by atoms with Gasteiger partial charge in [0, 0.05) is 5.02 Å². The number of hydrogen-bond acceptors (Lipinski definition) is 1. The summed E-state index contributed by atoms with van der Waals surface area (Å²) < 4.78 is 5.84. The van der Waals surface area contributed by atoms with E-state index in [1.807, 2.05) is 12.1 Å². The van der Waals surface area contributed by atoms with Crippen LogP contribution in [-0.2, 0) is 16.9 Å². The summed E-state index contributed by atoms with van der Waals surface area (Å²) in [6, 6.07) is 6.13. The molecular formula is C11H11ClO. The van der Waals surface area contributed by atoms with Crippen molar-refractivity contribution in [2.75, 3.05) is 0 Å². The Kier molecular flexibility index (Phi) is 1.50. The lowest BCUT2D eigenvalue weighted by Crippen LogP contribution is -2.33. The summed E-state index contributed by atoms with van der Waals surface area (Å²) >= 11 is 5.92. The molecule has 0 saturated heterocycles. The van der Waals surface area contributed by atoms with Crippen LogP contribution in [0.4, 0.5) is 0 Å². The minimum Gasteiger partial charge on any atom is -0.366 e. The van der Waals surface area contributed by atoms with Crippen molar-refractivity contribution in [1.29, 1.82) is 0 Å². The number of halogens is 1. The van der Waals surface area contributed by atoms with E-state index in [4.69, 9.17) is 16.3 Å². The molecule has 0 bridgehead atoms. The summed E-state index contributed by atoms with van der Waals surface area (Å²) in [5, 5.41) is 0.818. The molecule has 0 N–H and O–H groups in total. The van der Waals surface area contributed by atoms with Crippen LogP contribution >= 0.6 is 11.6 Å². The van der Waals surface area contributed by atoms with E-state index in [0.717, 1.165) is 11.6 Å². The van der Waals surface area contributed by atoms with Gasteiger partial charge in [0.2, 0.25) is 0 Å². The van der Waals surface area contributed by atoms with Gasteiger partial charge in [-0.3, -0.25) is 0 Å². The SMILES string of the molecule is Clc1ccc2c(c1)COC21CCC1. The summed E-state index contributed by atoms with van der Waals surface area (Å²) in [6.45, 7) is 0.746. The van der Waals surface area contributed by atoms with E-state index < -0.39 is 0 Å². The first-order valence-electron chi connectivity index (χ1n) is 4.73. The zero-order valence-electron chi connectivity index (χ0n) is 7.35. The minimum atomic E-state index is 0.0833. The molecule has 1 aliphatic carbocycles. The smallest absolute Gasteiger partial charge is 0.0939 e. The molecule has 68 valence electrons. The van der Waals surface area contributed by atoms with Gasteiger partial charge in [-0.25, -0.2) is 0 Å². The van der Waals surface area contributed by atoms with Crippen LogP contribution in [0.1, 0.15) is 30.4 Å². The topological polar surface area (TPSA) is 9.23 Å². The van der Waals surface area contributed by atoms with Crippen LogP contribution in [0.5, 0.6) is 0 Å². The Labute approximate surface area is 82.7 Å². The molecule has 3 rings (SSSR count). The van der Waals surface area contributed by atoms with E-state index >= 15 is 0 Å². The molecule has 1 aromatic carbocycles. The second kappa shape index (κ2) is 2.49. The Hall–Kier alpha value is -0.530. The first-order valence-corrected chi connectivity index (χ1v) is 5.11. The Morgan fingerprint density at radius 1 is 1.31 bits per heavy atom. The number of ether oxygens (including phenoxy) is 1. The van der Waals surface area contributed by atoms with Crippen LogP contribution < -0.4 is 0 Å². The molecule has 0 atom stereocenters. The Balaban J connectivity index is 2.11. The third-order valence-corrected chi connectivity index (χ3v) is 3.46. The Morgan fingerprint density at radius 2 is 2.15 bits per heavy atom. The maximum Gasteiger partial charge on any atom is 0.0939 e. The van der Waals surface area contributed by atoms with Crippen molar-refractivity contribution >= 4 is 11.6 Å². The molecule has 13 heavy (non-hydrogen) atoms. The minimum absolute atomic E-state index is 0.0833. The highest BCUT2D eigenvalue weighted by Crippen LogP contribution is 2.50. The molecule has 1 nitrogen and oxygen atoms in total. The van der Waals surface area contributed by atoms with E-state index in [2.05, 4.69) is 6.07 Å². The number of hydrogen-bond donors (Lipinski definition) is 0. The van der Waals surface area contributed by atoms with Crippen LogP contribution in [-0.4, -0.2) is 0 Å². The number of benzene rings is 1. The first-order chi connectivity index (χ1) is 6.30. The monoisotopic (exact) mass is 194 g/mol. The van der Waals surface area contributed by atoms with Crippen LogP contribution in [0, 0.1) is 0 Å². The van der Waals surface area contributed by atoms with E-state index in [9.17, 15) is 0 Å². The summed E-state index contributed by atoms with van der Waals surface area (Å²) in [5.74, 6) is 0. The molecule has 0 radical (unpaired) electrons. The fraction of sp³-hybridized carbons (Fsp3) is 0.455. The molecule has 0 unspecified atom stereocenters. The number of rotatable bonds is 0.